The van der Waals surface area contributed by atoms with Gasteiger partial charge in [-0.1, -0.05) is 17.8 Å². The number of benzene rings is 1. The lowest BCUT2D eigenvalue weighted by Crippen LogP contribution is -2.25. The Labute approximate surface area is 154 Å². The third-order valence-corrected chi connectivity index (χ3v) is 5.47. The van der Waals surface area contributed by atoms with Gasteiger partial charge in [0.15, 0.2) is 11.5 Å². The van der Waals surface area contributed by atoms with E-state index in [1.165, 1.54) is 11.8 Å². The predicted octanol–water partition coefficient (Wildman–Crippen LogP) is 1.79. The van der Waals surface area contributed by atoms with E-state index in [9.17, 15) is 9.59 Å². The first-order chi connectivity index (χ1) is 12.7. The Balaban J connectivity index is 1.34. The molecule has 2 heterocycles. The second-order valence-electron chi connectivity index (χ2n) is 6.26. The van der Waals surface area contributed by atoms with Crippen LogP contribution in [-0.4, -0.2) is 28.4 Å². The molecule has 2 aliphatic rings. The second kappa shape index (κ2) is 7.41. The Kier molecular flexibility index (Phi) is 4.83. The van der Waals surface area contributed by atoms with E-state index in [1.807, 2.05) is 18.2 Å². The fourth-order valence-corrected chi connectivity index (χ4v) is 4.07. The van der Waals surface area contributed by atoms with E-state index in [0.717, 1.165) is 48.3 Å². The highest BCUT2D eigenvalue weighted by molar-refractivity contribution is 7.99. The Morgan fingerprint density at radius 1 is 1.23 bits per heavy atom. The van der Waals surface area contributed by atoms with Crippen molar-refractivity contribution in [1.82, 2.24) is 15.3 Å². The van der Waals surface area contributed by atoms with Gasteiger partial charge in [-0.25, -0.2) is 4.79 Å². The molecule has 1 aliphatic heterocycles. The topological polar surface area (TPSA) is 93.3 Å². The fourth-order valence-electron chi connectivity index (χ4n) is 3.15. The number of hydrogen-bond donors (Lipinski definition) is 2. The lowest BCUT2D eigenvalue weighted by Gasteiger charge is -2.17. The van der Waals surface area contributed by atoms with Crippen molar-refractivity contribution in [3.63, 3.8) is 0 Å². The summed E-state index contributed by atoms with van der Waals surface area (Å²) >= 11 is 1.32. The molecule has 0 fully saturated rings. The number of ether oxygens (including phenoxy) is 2. The molecule has 136 valence electrons. The third kappa shape index (κ3) is 3.70. The van der Waals surface area contributed by atoms with Crippen LogP contribution in [0.25, 0.3) is 0 Å². The SMILES string of the molecule is O=C(CSc1nc(=O)[nH]c2c1CCCC2)NCc1ccc2c(c1)OCO2. The van der Waals surface area contributed by atoms with Gasteiger partial charge in [0.25, 0.3) is 0 Å². The second-order valence-corrected chi connectivity index (χ2v) is 7.23. The standard InChI is InChI=1S/C18H19N3O4S/c22-16(19-8-11-5-6-14-15(7-11)25-10-24-14)9-26-17-12-3-1-2-4-13(12)20-18(23)21-17/h5-7H,1-4,8-10H2,(H,19,22)(H,20,21,23). The van der Waals surface area contributed by atoms with E-state index in [4.69, 9.17) is 9.47 Å². The van der Waals surface area contributed by atoms with Gasteiger partial charge in [-0.05, 0) is 43.4 Å². The summed E-state index contributed by atoms with van der Waals surface area (Å²) < 4.78 is 10.6. The minimum atomic E-state index is -0.339. The maximum Gasteiger partial charge on any atom is 0.346 e. The summed E-state index contributed by atoms with van der Waals surface area (Å²) in [7, 11) is 0. The van der Waals surface area contributed by atoms with Crippen molar-refractivity contribution in [2.24, 2.45) is 0 Å². The summed E-state index contributed by atoms with van der Waals surface area (Å²) in [5, 5.41) is 3.57. The summed E-state index contributed by atoms with van der Waals surface area (Å²) in [6, 6.07) is 5.60. The Morgan fingerprint density at radius 3 is 3.00 bits per heavy atom. The highest BCUT2D eigenvalue weighted by Crippen LogP contribution is 2.32. The zero-order valence-electron chi connectivity index (χ0n) is 14.2. The number of carbonyl (C=O) groups excluding carboxylic acids is 1. The van der Waals surface area contributed by atoms with Gasteiger partial charge < -0.3 is 19.8 Å². The van der Waals surface area contributed by atoms with Crippen LogP contribution in [0.5, 0.6) is 11.5 Å². The van der Waals surface area contributed by atoms with Crippen molar-refractivity contribution >= 4 is 17.7 Å². The van der Waals surface area contributed by atoms with Crippen LogP contribution >= 0.6 is 11.8 Å². The Bertz CT molecular complexity index is 896. The molecule has 0 radical (unpaired) electrons. The molecule has 1 aromatic carbocycles. The van der Waals surface area contributed by atoms with Gasteiger partial charge in [-0.3, -0.25) is 4.79 Å². The average molecular weight is 373 g/mol. The Hall–Kier alpha value is -2.48. The molecule has 0 saturated heterocycles. The number of nitrogens with one attached hydrogen (secondary N) is 2. The monoisotopic (exact) mass is 373 g/mol. The van der Waals surface area contributed by atoms with Gasteiger partial charge in [-0.2, -0.15) is 4.98 Å². The predicted molar refractivity (Wildman–Crippen MR) is 96.6 cm³/mol. The number of aryl methyl sites for hydroxylation is 1. The van der Waals surface area contributed by atoms with Gasteiger partial charge in [0, 0.05) is 17.8 Å². The molecule has 0 spiro atoms. The lowest BCUT2D eigenvalue weighted by molar-refractivity contribution is -0.118. The highest BCUT2D eigenvalue weighted by atomic mass is 32.2. The molecule has 0 atom stereocenters. The van der Waals surface area contributed by atoms with Crippen molar-refractivity contribution in [3.8, 4) is 11.5 Å². The highest BCUT2D eigenvalue weighted by Gasteiger charge is 2.18. The normalized spacial score (nSPS) is 14.8. The molecular weight excluding hydrogens is 354 g/mol. The molecular formula is C18H19N3O4S. The van der Waals surface area contributed by atoms with E-state index in [2.05, 4.69) is 15.3 Å². The third-order valence-electron chi connectivity index (χ3n) is 4.45. The molecule has 1 aromatic heterocycles. The number of thioether (sulfide) groups is 1. The van der Waals surface area contributed by atoms with Crippen LogP contribution in [0.3, 0.4) is 0 Å². The molecule has 7 nitrogen and oxygen atoms in total. The van der Waals surface area contributed by atoms with Gasteiger partial charge >= 0.3 is 5.69 Å². The van der Waals surface area contributed by atoms with Crippen molar-refractivity contribution in [1.29, 1.82) is 0 Å². The summed E-state index contributed by atoms with van der Waals surface area (Å²) in [5.41, 5.74) is 2.66. The van der Waals surface area contributed by atoms with Crippen LogP contribution in [0.15, 0.2) is 28.0 Å². The van der Waals surface area contributed by atoms with Crippen LogP contribution in [0.4, 0.5) is 0 Å². The molecule has 26 heavy (non-hydrogen) atoms. The maximum absolute atomic E-state index is 12.2. The smallest absolute Gasteiger partial charge is 0.346 e. The first kappa shape index (κ1) is 17.0. The molecule has 1 amide bonds. The van der Waals surface area contributed by atoms with Crippen molar-refractivity contribution in [2.75, 3.05) is 12.5 Å². The molecule has 1 aliphatic carbocycles. The Morgan fingerprint density at radius 2 is 2.08 bits per heavy atom. The zero-order chi connectivity index (χ0) is 17.9. The van der Waals surface area contributed by atoms with Crippen LogP contribution < -0.4 is 20.5 Å². The van der Waals surface area contributed by atoms with Crippen LogP contribution in [0.1, 0.15) is 29.7 Å². The van der Waals surface area contributed by atoms with Crippen molar-refractivity contribution < 1.29 is 14.3 Å². The minimum absolute atomic E-state index is 0.0979. The van der Waals surface area contributed by atoms with Gasteiger partial charge in [0.2, 0.25) is 12.7 Å². The van der Waals surface area contributed by atoms with E-state index >= 15 is 0 Å². The average Bonchev–Trinajstić information content (AvgIpc) is 3.12. The number of fused-ring (bicyclic) bond motifs is 2. The van der Waals surface area contributed by atoms with E-state index in [-0.39, 0.29) is 24.1 Å². The van der Waals surface area contributed by atoms with Crippen LogP contribution in [-0.2, 0) is 24.2 Å². The molecule has 4 rings (SSSR count). The first-order valence-electron chi connectivity index (χ1n) is 8.59. The number of nitrogens with zero attached hydrogens (tertiary/aromatic N) is 1. The number of carbonyl (C=O) groups is 1. The van der Waals surface area contributed by atoms with E-state index < -0.39 is 0 Å². The number of H-pyrrole nitrogens is 1. The zero-order valence-corrected chi connectivity index (χ0v) is 15.0. The van der Waals surface area contributed by atoms with E-state index in [1.54, 1.807) is 0 Å². The van der Waals surface area contributed by atoms with E-state index in [0.29, 0.717) is 17.3 Å². The van der Waals surface area contributed by atoms with Crippen LogP contribution in [0.2, 0.25) is 0 Å². The van der Waals surface area contributed by atoms with Crippen molar-refractivity contribution in [3.05, 3.63) is 45.5 Å². The van der Waals surface area contributed by atoms with Gasteiger partial charge in [0.05, 0.1) is 5.75 Å². The fraction of sp³-hybridized carbons (Fsp3) is 0.389. The molecule has 2 N–H and O–H groups in total. The number of rotatable bonds is 5. The largest absolute Gasteiger partial charge is 0.454 e. The molecule has 0 bridgehead atoms. The summed E-state index contributed by atoms with van der Waals surface area (Å²) in [5.74, 6) is 1.55. The minimum Gasteiger partial charge on any atom is -0.454 e. The van der Waals surface area contributed by atoms with Gasteiger partial charge in [-0.15, -0.1) is 0 Å². The molecule has 8 heteroatoms. The number of aromatic nitrogens is 2. The number of amides is 1. The maximum atomic E-state index is 12.2. The summed E-state index contributed by atoms with van der Waals surface area (Å²) in [6.45, 7) is 0.645. The number of hydrogen-bond acceptors (Lipinski definition) is 6. The molecule has 0 unspecified atom stereocenters. The summed E-state index contributed by atoms with van der Waals surface area (Å²) in [4.78, 5) is 30.8. The van der Waals surface area contributed by atoms with Gasteiger partial charge in [0.1, 0.15) is 5.03 Å². The lowest BCUT2D eigenvalue weighted by atomic mass is 9.98. The first-order valence-corrected chi connectivity index (χ1v) is 9.58. The summed E-state index contributed by atoms with van der Waals surface area (Å²) in [6.07, 6.45) is 3.94. The van der Waals surface area contributed by atoms with Crippen LogP contribution in [0, 0.1) is 0 Å². The molecule has 0 saturated carbocycles. The molecule has 2 aromatic rings. The quantitative estimate of drug-likeness (QED) is 0.613. The van der Waals surface area contributed by atoms with Crippen molar-refractivity contribution in [2.45, 2.75) is 37.3 Å². The number of aromatic amines is 1.